The molecule has 44 valence electrons. The predicted octanol–water partition coefficient (Wildman–Crippen LogP) is 1.11. The number of rotatable bonds is 0. The van der Waals surface area contributed by atoms with Gasteiger partial charge in [0.05, 0.1) is 0 Å². The van der Waals surface area contributed by atoms with Gasteiger partial charge in [-0.2, -0.15) is 0 Å². The van der Waals surface area contributed by atoms with Crippen LogP contribution in [0.1, 0.15) is 16.2 Å². The first-order valence-corrected chi connectivity index (χ1v) is 3.02. The normalized spacial score (nSPS) is 57.0. The van der Waals surface area contributed by atoms with Crippen LogP contribution in [-0.2, 0) is 0 Å². The maximum atomic E-state index is 3.36. The highest BCUT2D eigenvalue weighted by atomic mass is 15.0. The van der Waals surface area contributed by atoms with Gasteiger partial charge in [0, 0.05) is 9.40 Å². The first-order valence-electron chi connectivity index (χ1n) is 3.02. The molecule has 1 saturated carbocycles. The van der Waals surface area contributed by atoms with Crippen LogP contribution in [0.3, 0.4) is 0 Å². The number of piperidine rings is 1. The van der Waals surface area contributed by atoms with Crippen LogP contribution >= 0.6 is 0 Å². The molecule has 1 nitrogen and oxygen atoms in total. The summed E-state index contributed by atoms with van der Waals surface area (Å²) in [6.07, 6.45) is 1.49. The molecule has 1 aliphatic carbocycles. The van der Waals surface area contributed by atoms with Crippen LogP contribution in [0, 0.1) is 11.3 Å². The molecule has 1 heteroatoms. The van der Waals surface area contributed by atoms with Gasteiger partial charge in [-0.15, -0.1) is 0 Å². The average Bonchev–Trinajstić information content (AvgIpc) is 2.09. The van der Waals surface area contributed by atoms with E-state index in [0.717, 1.165) is 11.3 Å². The zero-order valence-corrected chi connectivity index (χ0v) is 4.70. The first-order chi connectivity index (χ1) is 3.31. The molecule has 2 aliphatic rings. The van der Waals surface area contributed by atoms with E-state index < -0.39 is 0 Å². The van der Waals surface area contributed by atoms with Gasteiger partial charge >= 0.3 is 0 Å². The van der Waals surface area contributed by atoms with Gasteiger partial charge in [0.25, 0.3) is 0 Å². The van der Waals surface area contributed by atoms with Crippen molar-refractivity contribution in [1.82, 2.24) is 5.32 Å². The number of fused-ring (bicyclic) bond motifs is 1. The summed E-state index contributed by atoms with van der Waals surface area (Å²) in [5, 5.41) is 3.36. The fourth-order valence-electron chi connectivity index (χ4n) is 1.57. The van der Waals surface area contributed by atoms with E-state index >= 15 is 0 Å². The third-order valence-corrected chi connectivity index (χ3v) is 2.46. The molecule has 0 radical (unpaired) electrons. The summed E-state index contributed by atoms with van der Waals surface area (Å²) in [6, 6.07) is 0. The van der Waals surface area contributed by atoms with Crippen LogP contribution in [0.5, 0.6) is 0 Å². The molecule has 1 saturated heterocycles. The van der Waals surface area contributed by atoms with Crippen molar-refractivity contribution < 1.29 is 2.85 Å². The Balaban J connectivity index is 0.000000320. The van der Waals surface area contributed by atoms with Gasteiger partial charge in [0.1, 0.15) is 0 Å². The lowest BCUT2D eigenvalue weighted by atomic mass is 10.1. The van der Waals surface area contributed by atoms with E-state index in [1.807, 2.05) is 0 Å². The number of nitrogens with one attached hydrogen (secondary N) is 1. The van der Waals surface area contributed by atoms with E-state index in [1.165, 1.54) is 19.5 Å². The lowest BCUT2D eigenvalue weighted by molar-refractivity contribution is 0.576. The lowest BCUT2D eigenvalue weighted by Crippen LogP contribution is -2.13. The van der Waals surface area contributed by atoms with Gasteiger partial charge in [-0.1, -0.05) is 6.92 Å². The maximum Gasteiger partial charge on any atom is 0.000853 e. The van der Waals surface area contributed by atoms with Crippen LogP contribution in [0.2, 0.25) is 0 Å². The van der Waals surface area contributed by atoms with Crippen LogP contribution < -0.4 is 5.32 Å². The second-order valence-corrected chi connectivity index (χ2v) is 3.19. The predicted molar refractivity (Wildman–Crippen MR) is 33.3 cm³/mol. The molecular weight excluding hydrogens is 86.1 g/mol. The quantitative estimate of drug-likeness (QED) is 0.482. The highest BCUT2D eigenvalue weighted by Crippen LogP contribution is 2.54. The topological polar surface area (TPSA) is 12.0 Å². The average molecular weight is 101 g/mol. The fraction of sp³-hybridized carbons (Fsp3) is 1.00. The lowest BCUT2D eigenvalue weighted by Gasteiger charge is -1.97. The summed E-state index contributed by atoms with van der Waals surface area (Å²) in [6.45, 7) is 4.94. The Bertz CT molecular complexity index is 105. The zero-order valence-electron chi connectivity index (χ0n) is 4.70. The Morgan fingerprint density at radius 3 is 2.86 bits per heavy atom. The SMILES string of the molecule is CC12CNCC1C2.[HH].[HH]. The molecule has 2 unspecified atom stereocenters. The Morgan fingerprint density at radius 2 is 2.71 bits per heavy atom. The van der Waals surface area contributed by atoms with Crippen LogP contribution in [0.25, 0.3) is 0 Å². The molecule has 0 spiro atoms. The minimum Gasteiger partial charge on any atom is -0.316 e. The summed E-state index contributed by atoms with van der Waals surface area (Å²) in [4.78, 5) is 0. The second-order valence-electron chi connectivity index (χ2n) is 3.19. The third-order valence-electron chi connectivity index (χ3n) is 2.46. The van der Waals surface area contributed by atoms with Crippen molar-refractivity contribution in [2.24, 2.45) is 11.3 Å². The molecule has 1 aliphatic heterocycles. The van der Waals surface area contributed by atoms with Crippen LogP contribution in [-0.4, -0.2) is 13.1 Å². The molecule has 2 fully saturated rings. The molecule has 2 rings (SSSR count). The highest BCUT2D eigenvalue weighted by Gasteiger charge is 2.52. The highest BCUT2D eigenvalue weighted by molar-refractivity contribution is 5.05. The minimum absolute atomic E-state index is 0. The summed E-state index contributed by atoms with van der Waals surface area (Å²) in [5.41, 5.74) is 0.750. The van der Waals surface area contributed by atoms with Crippen molar-refractivity contribution >= 4 is 0 Å². The van der Waals surface area contributed by atoms with Gasteiger partial charge in [-0.3, -0.25) is 0 Å². The molecule has 0 aromatic heterocycles. The third kappa shape index (κ3) is 0.367. The van der Waals surface area contributed by atoms with Crippen molar-refractivity contribution in [2.75, 3.05) is 13.1 Å². The first kappa shape index (κ1) is 3.90. The Morgan fingerprint density at radius 1 is 1.86 bits per heavy atom. The van der Waals surface area contributed by atoms with E-state index in [1.54, 1.807) is 0 Å². The van der Waals surface area contributed by atoms with Crippen molar-refractivity contribution in [3.63, 3.8) is 0 Å². The Hall–Kier alpha value is -0.0400. The van der Waals surface area contributed by atoms with E-state index in [4.69, 9.17) is 0 Å². The molecule has 1 N–H and O–H groups in total. The van der Waals surface area contributed by atoms with E-state index in [2.05, 4.69) is 12.2 Å². The molecule has 0 aromatic rings. The molecule has 0 amide bonds. The second kappa shape index (κ2) is 0.873. The summed E-state index contributed by atoms with van der Waals surface area (Å²) in [7, 11) is 0. The van der Waals surface area contributed by atoms with Crippen LogP contribution in [0.15, 0.2) is 0 Å². The molecule has 1 heterocycles. The van der Waals surface area contributed by atoms with E-state index in [0.29, 0.717) is 0 Å². The zero-order chi connectivity index (χ0) is 4.91. The van der Waals surface area contributed by atoms with Crippen molar-refractivity contribution in [3.8, 4) is 0 Å². The van der Waals surface area contributed by atoms with Gasteiger partial charge in [0.15, 0.2) is 0 Å². The maximum absolute atomic E-state index is 3.36. The summed E-state index contributed by atoms with van der Waals surface area (Å²) in [5.74, 6) is 1.05. The smallest absolute Gasteiger partial charge is 0.000853 e. The Labute approximate surface area is 47.1 Å². The minimum atomic E-state index is 0. The number of hydrogen-bond donors (Lipinski definition) is 1. The monoisotopic (exact) mass is 101 g/mol. The van der Waals surface area contributed by atoms with Crippen LogP contribution in [0.4, 0.5) is 0 Å². The molecule has 7 heavy (non-hydrogen) atoms. The van der Waals surface area contributed by atoms with E-state index in [9.17, 15) is 0 Å². The van der Waals surface area contributed by atoms with Gasteiger partial charge in [-0.05, 0) is 24.3 Å². The Kier molecular flexibility index (Phi) is 0.487. The summed E-state index contributed by atoms with van der Waals surface area (Å²) >= 11 is 0. The molecule has 0 aromatic carbocycles. The number of hydrogen-bond acceptors (Lipinski definition) is 1. The van der Waals surface area contributed by atoms with Crippen molar-refractivity contribution in [2.45, 2.75) is 13.3 Å². The summed E-state index contributed by atoms with van der Waals surface area (Å²) < 4.78 is 0. The molecule has 2 atom stereocenters. The van der Waals surface area contributed by atoms with E-state index in [-0.39, 0.29) is 2.85 Å². The van der Waals surface area contributed by atoms with Crippen molar-refractivity contribution in [1.29, 1.82) is 0 Å². The largest absolute Gasteiger partial charge is 0.316 e. The van der Waals surface area contributed by atoms with Gasteiger partial charge in [-0.25, -0.2) is 0 Å². The van der Waals surface area contributed by atoms with Gasteiger partial charge < -0.3 is 5.32 Å². The molecule has 0 bridgehead atoms. The standard InChI is InChI=1S/C6H11N.2H2/c1-6-2-5(6)3-7-4-6;;/h5,7H,2-4H2,1H3;2*1H. The van der Waals surface area contributed by atoms with Gasteiger partial charge in [0.2, 0.25) is 0 Å². The fourth-order valence-corrected chi connectivity index (χ4v) is 1.57. The molecular formula is C6H15N. The van der Waals surface area contributed by atoms with Crippen molar-refractivity contribution in [3.05, 3.63) is 0 Å².